The van der Waals surface area contributed by atoms with Crippen molar-refractivity contribution in [1.82, 2.24) is 8.75 Å². The van der Waals surface area contributed by atoms with Crippen molar-refractivity contribution in [2.75, 3.05) is 0 Å². The third-order valence-electron chi connectivity index (χ3n) is 2.44. The van der Waals surface area contributed by atoms with Crippen molar-refractivity contribution in [3.63, 3.8) is 0 Å². The Kier molecular flexibility index (Phi) is 3.26. The first-order chi connectivity index (χ1) is 7.66. The van der Waals surface area contributed by atoms with Crippen molar-refractivity contribution in [3.05, 3.63) is 47.0 Å². The molecule has 1 unspecified atom stereocenters. The summed E-state index contributed by atoms with van der Waals surface area (Å²) in [5.74, 6) is -0.288. The lowest BCUT2D eigenvalue weighted by atomic mass is 10.0. The Morgan fingerprint density at radius 1 is 1.50 bits per heavy atom. The van der Waals surface area contributed by atoms with Crippen LogP contribution in [0.15, 0.2) is 24.4 Å². The molecule has 1 aromatic carbocycles. The number of aromatic nitrogens is 2. The van der Waals surface area contributed by atoms with Gasteiger partial charge in [-0.3, -0.25) is 0 Å². The maximum atomic E-state index is 13.0. The van der Waals surface area contributed by atoms with Gasteiger partial charge in [0.1, 0.15) is 17.6 Å². The van der Waals surface area contributed by atoms with Crippen molar-refractivity contribution in [3.8, 4) is 0 Å². The fourth-order valence-corrected chi connectivity index (χ4v) is 1.96. The van der Waals surface area contributed by atoms with Gasteiger partial charge in [0.2, 0.25) is 0 Å². The number of aliphatic hydroxyl groups is 1. The lowest BCUT2D eigenvalue weighted by Crippen LogP contribution is -2.03. The molecule has 2 rings (SSSR count). The second-order valence-electron chi connectivity index (χ2n) is 3.62. The molecular formula is C11H11FN2OS. The first-order valence-corrected chi connectivity index (χ1v) is 5.60. The summed E-state index contributed by atoms with van der Waals surface area (Å²) in [6, 6.07) is 4.56. The maximum Gasteiger partial charge on any atom is 0.123 e. The SMILES string of the molecule is Cc1ccc(F)cc1CC(O)c1cnsn1. The van der Waals surface area contributed by atoms with Gasteiger partial charge in [-0.1, -0.05) is 6.07 Å². The molecule has 0 saturated carbocycles. The molecule has 3 nitrogen and oxygen atoms in total. The van der Waals surface area contributed by atoms with Crippen molar-refractivity contribution in [2.24, 2.45) is 0 Å². The topological polar surface area (TPSA) is 46.0 Å². The number of rotatable bonds is 3. The smallest absolute Gasteiger partial charge is 0.123 e. The number of aryl methyl sites for hydroxylation is 1. The van der Waals surface area contributed by atoms with Crippen LogP contribution in [0.1, 0.15) is 22.9 Å². The highest BCUT2D eigenvalue weighted by Gasteiger charge is 2.13. The molecule has 0 bridgehead atoms. The summed E-state index contributed by atoms with van der Waals surface area (Å²) in [7, 11) is 0. The van der Waals surface area contributed by atoms with Gasteiger partial charge in [-0.25, -0.2) is 4.39 Å². The van der Waals surface area contributed by atoms with E-state index in [2.05, 4.69) is 8.75 Å². The second kappa shape index (κ2) is 4.67. The molecular weight excluding hydrogens is 227 g/mol. The summed E-state index contributed by atoms with van der Waals surface area (Å²) in [4.78, 5) is 0. The van der Waals surface area contributed by atoms with Gasteiger partial charge in [-0.15, -0.1) is 0 Å². The normalized spacial score (nSPS) is 12.7. The minimum atomic E-state index is -0.723. The van der Waals surface area contributed by atoms with E-state index in [4.69, 9.17) is 0 Å². The highest BCUT2D eigenvalue weighted by Crippen LogP contribution is 2.19. The van der Waals surface area contributed by atoms with Crippen LogP contribution in [0.4, 0.5) is 4.39 Å². The molecule has 0 fully saturated rings. The van der Waals surface area contributed by atoms with E-state index in [1.807, 2.05) is 6.92 Å². The highest BCUT2D eigenvalue weighted by molar-refractivity contribution is 6.99. The van der Waals surface area contributed by atoms with Crippen molar-refractivity contribution in [2.45, 2.75) is 19.4 Å². The Hall–Kier alpha value is -1.33. The van der Waals surface area contributed by atoms with Crippen molar-refractivity contribution < 1.29 is 9.50 Å². The monoisotopic (exact) mass is 238 g/mol. The van der Waals surface area contributed by atoms with E-state index < -0.39 is 6.10 Å². The van der Waals surface area contributed by atoms with Crippen LogP contribution in [0.25, 0.3) is 0 Å². The van der Waals surface area contributed by atoms with E-state index in [9.17, 15) is 9.50 Å². The van der Waals surface area contributed by atoms with E-state index in [-0.39, 0.29) is 5.82 Å². The van der Waals surface area contributed by atoms with Crippen LogP contribution in [0.2, 0.25) is 0 Å². The lowest BCUT2D eigenvalue weighted by Gasteiger charge is -2.09. The van der Waals surface area contributed by atoms with E-state index >= 15 is 0 Å². The first-order valence-electron chi connectivity index (χ1n) is 4.87. The maximum absolute atomic E-state index is 13.0. The Morgan fingerprint density at radius 2 is 2.31 bits per heavy atom. The van der Waals surface area contributed by atoms with Gasteiger partial charge in [-0.2, -0.15) is 8.75 Å². The molecule has 1 N–H and O–H groups in total. The number of hydrogen-bond donors (Lipinski definition) is 1. The van der Waals surface area contributed by atoms with Crippen LogP contribution >= 0.6 is 11.7 Å². The molecule has 0 saturated heterocycles. The Bertz CT molecular complexity index is 473. The average Bonchev–Trinajstić information content (AvgIpc) is 2.76. The zero-order valence-corrected chi connectivity index (χ0v) is 9.54. The number of aliphatic hydroxyl groups excluding tert-OH is 1. The summed E-state index contributed by atoms with van der Waals surface area (Å²) in [5, 5.41) is 9.86. The number of halogens is 1. The van der Waals surface area contributed by atoms with Crippen molar-refractivity contribution >= 4 is 11.7 Å². The minimum Gasteiger partial charge on any atom is -0.386 e. The summed E-state index contributed by atoms with van der Waals surface area (Å²) in [6.45, 7) is 1.89. The van der Waals surface area contributed by atoms with E-state index in [1.165, 1.54) is 18.3 Å². The predicted octanol–water partition coefficient (Wildman–Crippen LogP) is 2.26. The molecule has 16 heavy (non-hydrogen) atoms. The Balaban J connectivity index is 2.17. The van der Waals surface area contributed by atoms with Gasteiger partial charge < -0.3 is 5.11 Å². The molecule has 84 valence electrons. The quantitative estimate of drug-likeness (QED) is 0.892. The largest absolute Gasteiger partial charge is 0.386 e. The molecule has 0 aliphatic heterocycles. The zero-order chi connectivity index (χ0) is 11.5. The van der Waals surface area contributed by atoms with E-state index in [1.54, 1.807) is 6.07 Å². The number of hydrogen-bond acceptors (Lipinski definition) is 4. The van der Waals surface area contributed by atoms with Crippen LogP contribution < -0.4 is 0 Å². The third-order valence-corrected chi connectivity index (χ3v) is 2.94. The molecule has 1 atom stereocenters. The Morgan fingerprint density at radius 3 is 3.00 bits per heavy atom. The number of nitrogens with zero attached hydrogens (tertiary/aromatic N) is 2. The lowest BCUT2D eigenvalue weighted by molar-refractivity contribution is 0.174. The number of benzene rings is 1. The summed E-state index contributed by atoms with van der Waals surface area (Å²) in [5.41, 5.74) is 2.29. The molecule has 1 aromatic heterocycles. The predicted molar refractivity (Wildman–Crippen MR) is 59.7 cm³/mol. The third kappa shape index (κ3) is 2.43. The van der Waals surface area contributed by atoms with Crippen LogP contribution in [0.3, 0.4) is 0 Å². The van der Waals surface area contributed by atoms with Gasteiger partial charge in [-0.05, 0) is 30.2 Å². The molecule has 2 aromatic rings. The fraction of sp³-hybridized carbons (Fsp3) is 0.273. The van der Waals surface area contributed by atoms with E-state index in [0.717, 1.165) is 22.9 Å². The van der Waals surface area contributed by atoms with Crippen LogP contribution in [0.5, 0.6) is 0 Å². The molecule has 0 spiro atoms. The molecule has 0 aliphatic rings. The molecule has 0 aliphatic carbocycles. The summed E-state index contributed by atoms with van der Waals surface area (Å²) < 4.78 is 20.8. The second-order valence-corrected chi connectivity index (χ2v) is 4.18. The van der Waals surface area contributed by atoms with Gasteiger partial charge in [0.25, 0.3) is 0 Å². The van der Waals surface area contributed by atoms with Crippen LogP contribution in [-0.2, 0) is 6.42 Å². The Labute approximate surface area is 96.9 Å². The molecule has 1 heterocycles. The van der Waals surface area contributed by atoms with Gasteiger partial charge in [0.05, 0.1) is 17.9 Å². The standard InChI is InChI=1S/C11H11FN2OS/c1-7-2-3-9(12)4-8(7)5-11(15)10-6-13-16-14-10/h2-4,6,11,15H,5H2,1H3. The highest BCUT2D eigenvalue weighted by atomic mass is 32.1. The minimum absolute atomic E-state index is 0.288. The van der Waals surface area contributed by atoms with E-state index in [0.29, 0.717) is 12.1 Å². The van der Waals surface area contributed by atoms with Gasteiger partial charge >= 0.3 is 0 Å². The molecule has 5 heteroatoms. The summed E-state index contributed by atoms with van der Waals surface area (Å²) in [6.07, 6.45) is 1.16. The van der Waals surface area contributed by atoms with Crippen molar-refractivity contribution in [1.29, 1.82) is 0 Å². The zero-order valence-electron chi connectivity index (χ0n) is 8.72. The fourth-order valence-electron chi connectivity index (χ4n) is 1.49. The molecule has 0 amide bonds. The van der Waals surface area contributed by atoms with Gasteiger partial charge in [0.15, 0.2) is 0 Å². The first kappa shape index (κ1) is 11.2. The molecule has 0 radical (unpaired) electrons. The summed E-state index contributed by atoms with van der Waals surface area (Å²) >= 11 is 1.05. The average molecular weight is 238 g/mol. The van der Waals surface area contributed by atoms with Crippen LogP contribution in [-0.4, -0.2) is 13.9 Å². The van der Waals surface area contributed by atoms with Crippen LogP contribution in [0, 0.1) is 12.7 Å². The van der Waals surface area contributed by atoms with Gasteiger partial charge in [0, 0.05) is 6.42 Å².